The normalized spacial score (nSPS) is 11.5. The largest absolute Gasteiger partial charge is 0.496 e. The van der Waals surface area contributed by atoms with Gasteiger partial charge in [-0.05, 0) is 52.8 Å². The van der Waals surface area contributed by atoms with Crippen LogP contribution in [0.3, 0.4) is 0 Å². The number of carbonyl (C=O) groups excluding carboxylic acids is 1. The second kappa shape index (κ2) is 6.04. The van der Waals surface area contributed by atoms with Crippen LogP contribution in [0.2, 0.25) is 0 Å². The van der Waals surface area contributed by atoms with Gasteiger partial charge in [-0.15, -0.1) is 0 Å². The van der Waals surface area contributed by atoms with Crippen molar-refractivity contribution in [2.75, 3.05) is 12.4 Å². The quantitative estimate of drug-likeness (QED) is 0.918. The molecule has 21 heavy (non-hydrogen) atoms. The first kappa shape index (κ1) is 16.8. The molecule has 1 rings (SSSR count). The summed E-state index contributed by atoms with van der Waals surface area (Å²) in [4.78, 5) is 11.8. The fourth-order valence-corrected chi connectivity index (χ4v) is 1.76. The second-order valence-electron chi connectivity index (χ2n) is 6.28. The number of hydrogen-bond donors (Lipinski definition) is 1. The van der Waals surface area contributed by atoms with Crippen molar-refractivity contribution in [2.24, 2.45) is 0 Å². The molecule has 0 radical (unpaired) electrons. The van der Waals surface area contributed by atoms with Crippen LogP contribution in [-0.2, 0) is 10.2 Å². The van der Waals surface area contributed by atoms with Gasteiger partial charge in [-0.25, -0.2) is 4.79 Å². The average molecular weight is 290 g/mol. The Hall–Kier alpha value is -2.22. The molecule has 0 heterocycles. The molecule has 0 saturated carbocycles. The van der Waals surface area contributed by atoms with Crippen molar-refractivity contribution in [1.29, 1.82) is 5.26 Å². The SMILES string of the molecule is COc1ccc(NC(=O)OC(C)(C)C)cc1C(C)(C)C#N. The Morgan fingerprint density at radius 1 is 1.24 bits per heavy atom. The Balaban J connectivity index is 3.05. The molecule has 0 saturated heterocycles. The van der Waals surface area contributed by atoms with E-state index in [2.05, 4.69) is 11.4 Å². The van der Waals surface area contributed by atoms with E-state index in [1.54, 1.807) is 59.9 Å². The highest BCUT2D eigenvalue weighted by atomic mass is 16.6. The van der Waals surface area contributed by atoms with Gasteiger partial charge >= 0.3 is 6.09 Å². The number of benzene rings is 1. The molecule has 0 bridgehead atoms. The average Bonchev–Trinajstić information content (AvgIpc) is 2.36. The topological polar surface area (TPSA) is 71.3 Å². The minimum atomic E-state index is -0.725. The predicted octanol–water partition coefficient (Wildman–Crippen LogP) is 3.84. The zero-order valence-corrected chi connectivity index (χ0v) is 13.4. The lowest BCUT2D eigenvalue weighted by Gasteiger charge is -2.22. The van der Waals surface area contributed by atoms with E-state index in [0.717, 1.165) is 0 Å². The Kier molecular flexibility index (Phi) is 4.84. The van der Waals surface area contributed by atoms with Gasteiger partial charge in [0.05, 0.1) is 18.6 Å². The molecule has 1 aromatic rings. The fourth-order valence-electron chi connectivity index (χ4n) is 1.76. The summed E-state index contributed by atoms with van der Waals surface area (Å²) in [6.45, 7) is 8.98. The van der Waals surface area contributed by atoms with Crippen molar-refractivity contribution < 1.29 is 14.3 Å². The van der Waals surface area contributed by atoms with E-state index >= 15 is 0 Å². The molecule has 0 aromatic heterocycles. The lowest BCUT2D eigenvalue weighted by molar-refractivity contribution is 0.0636. The minimum Gasteiger partial charge on any atom is -0.496 e. The number of methoxy groups -OCH3 is 1. The van der Waals surface area contributed by atoms with Crippen LogP contribution in [0.5, 0.6) is 5.75 Å². The Morgan fingerprint density at radius 2 is 1.86 bits per heavy atom. The van der Waals surface area contributed by atoms with Crippen molar-refractivity contribution in [3.05, 3.63) is 23.8 Å². The van der Waals surface area contributed by atoms with Crippen LogP contribution in [0.4, 0.5) is 10.5 Å². The van der Waals surface area contributed by atoms with Gasteiger partial charge in [0.1, 0.15) is 11.4 Å². The molecule has 0 aliphatic rings. The number of nitrogens with zero attached hydrogens (tertiary/aromatic N) is 1. The van der Waals surface area contributed by atoms with Crippen molar-refractivity contribution in [1.82, 2.24) is 0 Å². The van der Waals surface area contributed by atoms with E-state index in [4.69, 9.17) is 9.47 Å². The number of amides is 1. The molecule has 5 nitrogen and oxygen atoms in total. The molecule has 0 unspecified atom stereocenters. The van der Waals surface area contributed by atoms with Crippen LogP contribution >= 0.6 is 0 Å². The maximum atomic E-state index is 11.8. The molecule has 0 aliphatic carbocycles. The molecule has 1 N–H and O–H groups in total. The molecule has 114 valence electrons. The van der Waals surface area contributed by atoms with Crippen LogP contribution in [-0.4, -0.2) is 18.8 Å². The number of carbonyl (C=O) groups is 1. The van der Waals surface area contributed by atoms with Crippen LogP contribution in [0.1, 0.15) is 40.2 Å². The van der Waals surface area contributed by atoms with Gasteiger partial charge in [0, 0.05) is 11.3 Å². The third-order valence-electron chi connectivity index (χ3n) is 2.80. The number of hydrogen-bond acceptors (Lipinski definition) is 4. The number of ether oxygens (including phenoxy) is 2. The van der Waals surface area contributed by atoms with Gasteiger partial charge < -0.3 is 9.47 Å². The molecule has 0 atom stereocenters. The highest BCUT2D eigenvalue weighted by Crippen LogP contribution is 2.33. The second-order valence-corrected chi connectivity index (χ2v) is 6.28. The maximum absolute atomic E-state index is 11.8. The zero-order valence-electron chi connectivity index (χ0n) is 13.4. The molecule has 5 heteroatoms. The molecule has 0 spiro atoms. The number of rotatable bonds is 3. The summed E-state index contributed by atoms with van der Waals surface area (Å²) >= 11 is 0. The molecular formula is C16H22N2O3. The van der Waals surface area contributed by atoms with Crippen molar-refractivity contribution in [2.45, 2.75) is 45.6 Å². The molecule has 1 aromatic carbocycles. The summed E-state index contributed by atoms with van der Waals surface area (Å²) in [5.74, 6) is 0.608. The first-order valence-corrected chi connectivity index (χ1v) is 6.69. The lowest BCUT2D eigenvalue weighted by Crippen LogP contribution is -2.27. The highest BCUT2D eigenvalue weighted by molar-refractivity contribution is 5.85. The van der Waals surface area contributed by atoms with Crippen LogP contribution in [0.25, 0.3) is 0 Å². The van der Waals surface area contributed by atoms with Gasteiger partial charge in [0.25, 0.3) is 0 Å². The van der Waals surface area contributed by atoms with E-state index in [1.807, 2.05) is 0 Å². The number of nitriles is 1. The summed E-state index contributed by atoms with van der Waals surface area (Å²) in [6.07, 6.45) is -0.534. The van der Waals surface area contributed by atoms with Gasteiger partial charge in [0.15, 0.2) is 0 Å². The number of anilines is 1. The highest BCUT2D eigenvalue weighted by Gasteiger charge is 2.25. The third-order valence-corrected chi connectivity index (χ3v) is 2.80. The molecule has 1 amide bonds. The van der Waals surface area contributed by atoms with Crippen molar-refractivity contribution in [3.8, 4) is 11.8 Å². The summed E-state index contributed by atoms with van der Waals surface area (Å²) in [5, 5.41) is 11.9. The molecule has 0 aliphatic heterocycles. The summed E-state index contributed by atoms with van der Waals surface area (Å²) in [6, 6.07) is 7.39. The number of nitrogens with one attached hydrogen (secondary N) is 1. The summed E-state index contributed by atoms with van der Waals surface area (Å²) in [5.41, 5.74) is -0.0214. The monoisotopic (exact) mass is 290 g/mol. The molecular weight excluding hydrogens is 268 g/mol. The van der Waals surface area contributed by atoms with Gasteiger partial charge in [0.2, 0.25) is 0 Å². The first-order valence-electron chi connectivity index (χ1n) is 6.69. The van der Waals surface area contributed by atoms with E-state index in [-0.39, 0.29) is 0 Å². The van der Waals surface area contributed by atoms with E-state index in [1.165, 1.54) is 0 Å². The van der Waals surface area contributed by atoms with Gasteiger partial charge in [-0.2, -0.15) is 5.26 Å². The van der Waals surface area contributed by atoms with Crippen LogP contribution in [0, 0.1) is 11.3 Å². The Bertz CT molecular complexity index is 566. The lowest BCUT2D eigenvalue weighted by atomic mass is 9.85. The van der Waals surface area contributed by atoms with Crippen LogP contribution in [0.15, 0.2) is 18.2 Å². The summed E-state index contributed by atoms with van der Waals surface area (Å²) in [7, 11) is 1.55. The molecule has 0 fully saturated rings. The van der Waals surface area contributed by atoms with E-state index in [0.29, 0.717) is 17.0 Å². The standard InChI is InChI=1S/C16H22N2O3/c1-15(2,3)21-14(19)18-11-7-8-13(20-6)12(9-11)16(4,5)10-17/h7-9H,1-6H3,(H,18,19). The minimum absolute atomic E-state index is 0.534. The van der Waals surface area contributed by atoms with Crippen molar-refractivity contribution in [3.63, 3.8) is 0 Å². The summed E-state index contributed by atoms with van der Waals surface area (Å²) < 4.78 is 10.5. The Morgan fingerprint density at radius 3 is 2.33 bits per heavy atom. The third kappa shape index (κ3) is 4.67. The smallest absolute Gasteiger partial charge is 0.412 e. The van der Waals surface area contributed by atoms with E-state index in [9.17, 15) is 10.1 Å². The van der Waals surface area contributed by atoms with E-state index < -0.39 is 17.1 Å². The fraction of sp³-hybridized carbons (Fsp3) is 0.500. The first-order chi connectivity index (χ1) is 9.59. The maximum Gasteiger partial charge on any atom is 0.412 e. The van der Waals surface area contributed by atoms with Crippen LogP contribution < -0.4 is 10.1 Å². The zero-order chi connectivity index (χ0) is 16.3. The van der Waals surface area contributed by atoms with Gasteiger partial charge in [-0.1, -0.05) is 0 Å². The Labute approximate surface area is 125 Å². The van der Waals surface area contributed by atoms with Crippen molar-refractivity contribution >= 4 is 11.8 Å². The van der Waals surface area contributed by atoms with Gasteiger partial charge in [-0.3, -0.25) is 5.32 Å². The predicted molar refractivity (Wildman–Crippen MR) is 81.5 cm³/mol.